The summed E-state index contributed by atoms with van der Waals surface area (Å²) in [5, 5.41) is 10.1. The minimum absolute atomic E-state index is 0.392. The molecule has 0 fully saturated rings. The summed E-state index contributed by atoms with van der Waals surface area (Å²) in [5.74, 6) is 0.999. The van der Waals surface area contributed by atoms with Crippen LogP contribution in [0.2, 0.25) is 0 Å². The number of aryl methyl sites for hydroxylation is 2. The van der Waals surface area contributed by atoms with Gasteiger partial charge in [-0.2, -0.15) is 10.1 Å². The predicted octanol–water partition coefficient (Wildman–Crippen LogP) is 1.14. The maximum absolute atomic E-state index is 5.87. The second-order valence-electron chi connectivity index (χ2n) is 4.20. The van der Waals surface area contributed by atoms with E-state index in [2.05, 4.69) is 25.5 Å². The van der Waals surface area contributed by atoms with Gasteiger partial charge in [0, 0.05) is 12.2 Å². The lowest BCUT2D eigenvalue weighted by Gasteiger charge is -2.09. The Balaban J connectivity index is 1.85. The van der Waals surface area contributed by atoms with Crippen LogP contribution in [0.1, 0.15) is 17.7 Å². The first-order valence-electron chi connectivity index (χ1n) is 6.09. The molecule has 2 heterocycles. The maximum atomic E-state index is 5.87. The van der Waals surface area contributed by atoms with Crippen LogP contribution >= 0.6 is 0 Å². The van der Waals surface area contributed by atoms with Crippen molar-refractivity contribution in [3.05, 3.63) is 23.8 Å². The van der Waals surface area contributed by atoms with Gasteiger partial charge in [-0.15, -0.1) is 0 Å². The normalized spacial score (nSPS) is 10.4. The predicted molar refractivity (Wildman–Crippen MR) is 73.1 cm³/mol. The molecule has 4 N–H and O–H groups in total. The van der Waals surface area contributed by atoms with E-state index >= 15 is 0 Å². The van der Waals surface area contributed by atoms with Crippen molar-refractivity contribution in [3.63, 3.8) is 0 Å². The first kappa shape index (κ1) is 13.1. The number of hydrogen-bond acceptors (Lipinski definition) is 6. The molecular formula is C12H18N6O. The lowest BCUT2D eigenvalue weighted by Crippen LogP contribution is -2.08. The van der Waals surface area contributed by atoms with Crippen molar-refractivity contribution in [1.29, 1.82) is 0 Å². The van der Waals surface area contributed by atoms with Crippen molar-refractivity contribution in [1.82, 2.24) is 20.2 Å². The van der Waals surface area contributed by atoms with Gasteiger partial charge in [0.2, 0.25) is 5.88 Å². The third kappa shape index (κ3) is 3.12. The molecule has 2 aromatic heterocycles. The van der Waals surface area contributed by atoms with Crippen molar-refractivity contribution < 1.29 is 4.74 Å². The van der Waals surface area contributed by atoms with Crippen LogP contribution in [0.15, 0.2) is 12.5 Å². The molecule has 0 aliphatic heterocycles. The molecule has 19 heavy (non-hydrogen) atoms. The molecule has 0 spiro atoms. The van der Waals surface area contributed by atoms with Crippen LogP contribution in [-0.2, 0) is 6.42 Å². The SMILES string of the molecule is COc1ncnc(NCCCc2cn[nH]c2C)c1N. The van der Waals surface area contributed by atoms with Gasteiger partial charge in [0.05, 0.1) is 13.3 Å². The molecule has 2 aromatic rings. The second kappa shape index (κ2) is 6.03. The molecule has 0 bridgehead atoms. The Kier molecular flexibility index (Phi) is 4.17. The molecule has 0 aromatic carbocycles. The Morgan fingerprint density at radius 3 is 2.95 bits per heavy atom. The Hall–Kier alpha value is -2.31. The first-order chi connectivity index (χ1) is 9.22. The van der Waals surface area contributed by atoms with E-state index < -0.39 is 0 Å². The average molecular weight is 262 g/mol. The van der Waals surface area contributed by atoms with Crippen LogP contribution in [0.25, 0.3) is 0 Å². The number of nitrogens with one attached hydrogen (secondary N) is 2. The summed E-state index contributed by atoms with van der Waals surface area (Å²) in [6.45, 7) is 2.79. The molecule has 2 rings (SSSR count). The van der Waals surface area contributed by atoms with E-state index in [0.29, 0.717) is 17.4 Å². The zero-order valence-electron chi connectivity index (χ0n) is 11.1. The van der Waals surface area contributed by atoms with E-state index in [1.807, 2.05) is 13.1 Å². The molecule has 7 nitrogen and oxygen atoms in total. The van der Waals surface area contributed by atoms with Gasteiger partial charge >= 0.3 is 0 Å². The molecule has 7 heteroatoms. The summed E-state index contributed by atoms with van der Waals surface area (Å²) in [7, 11) is 1.53. The lowest BCUT2D eigenvalue weighted by atomic mass is 10.1. The summed E-state index contributed by atoms with van der Waals surface area (Å²) in [4.78, 5) is 8.02. The van der Waals surface area contributed by atoms with E-state index in [0.717, 1.165) is 25.1 Å². The van der Waals surface area contributed by atoms with Crippen molar-refractivity contribution in [2.45, 2.75) is 19.8 Å². The number of H-pyrrole nitrogens is 1. The Morgan fingerprint density at radius 1 is 1.42 bits per heavy atom. The lowest BCUT2D eigenvalue weighted by molar-refractivity contribution is 0.399. The van der Waals surface area contributed by atoms with Gasteiger partial charge in [-0.05, 0) is 25.3 Å². The highest BCUT2D eigenvalue weighted by Crippen LogP contribution is 2.23. The number of nitrogen functional groups attached to an aromatic ring is 1. The van der Waals surface area contributed by atoms with Gasteiger partial charge in [0.25, 0.3) is 0 Å². The average Bonchev–Trinajstić information content (AvgIpc) is 2.82. The van der Waals surface area contributed by atoms with Gasteiger partial charge < -0.3 is 15.8 Å². The van der Waals surface area contributed by atoms with Crippen molar-refractivity contribution in [3.8, 4) is 5.88 Å². The van der Waals surface area contributed by atoms with Gasteiger partial charge in [-0.25, -0.2) is 4.98 Å². The maximum Gasteiger partial charge on any atom is 0.242 e. The largest absolute Gasteiger partial charge is 0.479 e. The summed E-state index contributed by atoms with van der Waals surface area (Å²) in [5.41, 5.74) is 8.65. The molecule has 0 unspecified atom stereocenters. The standard InChI is InChI=1S/C12H18N6O/c1-8-9(6-17-18-8)4-3-5-14-11-10(13)12(19-2)16-7-15-11/h6-7H,3-5,13H2,1-2H3,(H,17,18)(H,14,15,16). The molecule has 0 aliphatic carbocycles. The van der Waals surface area contributed by atoms with Crippen LogP contribution in [-0.4, -0.2) is 33.8 Å². The number of ether oxygens (including phenoxy) is 1. The number of hydrogen-bond donors (Lipinski definition) is 3. The molecule has 0 amide bonds. The van der Waals surface area contributed by atoms with Gasteiger partial charge in [-0.3, -0.25) is 5.10 Å². The molecule has 0 saturated carbocycles. The quantitative estimate of drug-likeness (QED) is 0.675. The van der Waals surface area contributed by atoms with Crippen molar-refractivity contribution in [2.75, 3.05) is 24.7 Å². The summed E-state index contributed by atoms with van der Waals surface area (Å²) in [6.07, 6.45) is 5.21. The van der Waals surface area contributed by atoms with Crippen LogP contribution < -0.4 is 15.8 Å². The fraction of sp³-hybridized carbons (Fsp3) is 0.417. The summed E-state index contributed by atoms with van der Waals surface area (Å²) in [6, 6.07) is 0. The van der Waals surface area contributed by atoms with E-state index in [4.69, 9.17) is 10.5 Å². The van der Waals surface area contributed by atoms with E-state index in [9.17, 15) is 0 Å². The minimum atomic E-state index is 0.392. The Bertz CT molecular complexity index is 539. The molecule has 0 aliphatic rings. The Morgan fingerprint density at radius 2 is 2.26 bits per heavy atom. The van der Waals surface area contributed by atoms with Crippen LogP contribution in [0.5, 0.6) is 5.88 Å². The minimum Gasteiger partial charge on any atom is -0.479 e. The number of nitrogens with two attached hydrogens (primary N) is 1. The van der Waals surface area contributed by atoms with Crippen molar-refractivity contribution >= 4 is 11.5 Å². The van der Waals surface area contributed by atoms with Gasteiger partial charge in [0.1, 0.15) is 12.0 Å². The summed E-state index contributed by atoms with van der Waals surface area (Å²) >= 11 is 0. The number of aromatic amines is 1. The highest BCUT2D eigenvalue weighted by atomic mass is 16.5. The molecular weight excluding hydrogens is 244 g/mol. The van der Waals surface area contributed by atoms with Gasteiger partial charge in [-0.1, -0.05) is 0 Å². The third-order valence-electron chi connectivity index (χ3n) is 2.89. The van der Waals surface area contributed by atoms with Crippen LogP contribution in [0, 0.1) is 6.92 Å². The zero-order valence-corrected chi connectivity index (χ0v) is 11.1. The highest BCUT2D eigenvalue weighted by Gasteiger charge is 2.07. The number of methoxy groups -OCH3 is 1. The number of rotatable bonds is 6. The molecule has 102 valence electrons. The molecule has 0 saturated heterocycles. The number of anilines is 2. The monoisotopic (exact) mass is 262 g/mol. The fourth-order valence-electron chi connectivity index (χ4n) is 1.80. The van der Waals surface area contributed by atoms with Crippen LogP contribution in [0.4, 0.5) is 11.5 Å². The molecule has 0 atom stereocenters. The van der Waals surface area contributed by atoms with E-state index in [-0.39, 0.29) is 0 Å². The highest BCUT2D eigenvalue weighted by molar-refractivity contribution is 5.66. The fourth-order valence-corrected chi connectivity index (χ4v) is 1.80. The second-order valence-corrected chi connectivity index (χ2v) is 4.20. The van der Waals surface area contributed by atoms with E-state index in [1.165, 1.54) is 19.0 Å². The smallest absolute Gasteiger partial charge is 0.242 e. The zero-order chi connectivity index (χ0) is 13.7. The number of aromatic nitrogens is 4. The van der Waals surface area contributed by atoms with Crippen LogP contribution in [0.3, 0.4) is 0 Å². The number of nitrogens with zero attached hydrogens (tertiary/aromatic N) is 3. The first-order valence-corrected chi connectivity index (χ1v) is 6.09. The topological polar surface area (TPSA) is 102 Å². The summed E-state index contributed by atoms with van der Waals surface area (Å²) < 4.78 is 5.04. The van der Waals surface area contributed by atoms with E-state index in [1.54, 1.807) is 0 Å². The Labute approximate surface area is 111 Å². The molecule has 0 radical (unpaired) electrons. The third-order valence-corrected chi connectivity index (χ3v) is 2.89. The van der Waals surface area contributed by atoms with Gasteiger partial charge in [0.15, 0.2) is 5.82 Å². The van der Waals surface area contributed by atoms with Crippen molar-refractivity contribution in [2.24, 2.45) is 0 Å².